The van der Waals surface area contributed by atoms with Gasteiger partial charge in [-0.2, -0.15) is 0 Å². The van der Waals surface area contributed by atoms with Gasteiger partial charge in [-0.3, -0.25) is 0 Å². The van der Waals surface area contributed by atoms with Crippen LogP contribution in [0.4, 0.5) is 0 Å². The van der Waals surface area contributed by atoms with Crippen LogP contribution < -0.4 is 14.2 Å². The lowest BCUT2D eigenvalue weighted by Gasteiger charge is -2.10. The lowest BCUT2D eigenvalue weighted by Crippen LogP contribution is -2.13. The Hall–Kier alpha value is -4.10. The number of hydrogen-bond donors (Lipinski definition) is 1. The van der Waals surface area contributed by atoms with Crippen molar-refractivity contribution in [3.63, 3.8) is 0 Å². The van der Waals surface area contributed by atoms with Gasteiger partial charge in [-0.25, -0.2) is 16.8 Å². The SMILES string of the molecule is CCCCOc1ccc(S(=O)(=O)c2ccc(OCCOCCOCCOc3ccc(S(=O)(=O)c4ccc(O)cc4)cc3)cc2)cc1. The molecule has 0 heterocycles. The minimum absolute atomic E-state index is 0.00645. The van der Waals surface area contributed by atoms with E-state index in [1.807, 2.05) is 0 Å². The van der Waals surface area contributed by atoms with Gasteiger partial charge in [-0.15, -0.1) is 0 Å². The lowest BCUT2D eigenvalue weighted by molar-refractivity contribution is 0.0273. The fourth-order valence-electron chi connectivity index (χ4n) is 4.14. The van der Waals surface area contributed by atoms with Gasteiger partial charge < -0.3 is 28.8 Å². The predicted octanol–water partition coefficient (Wildman–Crippen LogP) is 5.73. The molecule has 0 spiro atoms. The molecule has 0 aromatic heterocycles. The molecule has 0 saturated carbocycles. The van der Waals surface area contributed by atoms with E-state index >= 15 is 0 Å². The first kappa shape index (κ1) is 34.8. The van der Waals surface area contributed by atoms with Crippen LogP contribution in [0.5, 0.6) is 23.0 Å². The maximum Gasteiger partial charge on any atom is 0.206 e. The molecule has 4 aromatic rings. The van der Waals surface area contributed by atoms with Crippen LogP contribution >= 0.6 is 0 Å². The molecule has 0 radical (unpaired) electrons. The number of ether oxygens (including phenoxy) is 5. The minimum atomic E-state index is -3.69. The first-order valence-electron chi connectivity index (χ1n) is 14.8. The van der Waals surface area contributed by atoms with Crippen molar-refractivity contribution in [2.24, 2.45) is 0 Å². The molecule has 4 aromatic carbocycles. The quantitative estimate of drug-likeness (QED) is 0.123. The van der Waals surface area contributed by atoms with Crippen molar-refractivity contribution in [1.82, 2.24) is 0 Å². The molecule has 0 saturated heterocycles. The summed E-state index contributed by atoms with van der Waals surface area (Å²) in [7, 11) is -7.35. The second-order valence-electron chi connectivity index (χ2n) is 10.0. The van der Waals surface area contributed by atoms with Crippen molar-refractivity contribution in [1.29, 1.82) is 0 Å². The molecule has 0 fully saturated rings. The summed E-state index contributed by atoms with van der Waals surface area (Å²) in [6.45, 7) is 4.59. The van der Waals surface area contributed by atoms with Gasteiger partial charge in [0.2, 0.25) is 19.7 Å². The van der Waals surface area contributed by atoms with Crippen molar-refractivity contribution in [2.75, 3.05) is 46.2 Å². The van der Waals surface area contributed by atoms with Gasteiger partial charge in [0.25, 0.3) is 0 Å². The number of hydrogen-bond acceptors (Lipinski definition) is 10. The Morgan fingerprint density at radius 2 is 0.761 bits per heavy atom. The van der Waals surface area contributed by atoms with Crippen molar-refractivity contribution in [3.05, 3.63) is 97.1 Å². The summed E-state index contributed by atoms with van der Waals surface area (Å²) in [6.07, 6.45) is 1.96. The normalized spacial score (nSPS) is 11.7. The maximum atomic E-state index is 13.0. The predicted molar refractivity (Wildman–Crippen MR) is 171 cm³/mol. The van der Waals surface area contributed by atoms with Crippen molar-refractivity contribution in [2.45, 2.75) is 39.3 Å². The molecule has 4 rings (SSSR count). The Labute approximate surface area is 270 Å². The Morgan fingerprint density at radius 1 is 0.457 bits per heavy atom. The molecule has 0 bridgehead atoms. The molecule has 0 aliphatic rings. The summed E-state index contributed by atoms with van der Waals surface area (Å²) in [6, 6.07) is 24.1. The second kappa shape index (κ2) is 17.0. The average molecular weight is 671 g/mol. The van der Waals surface area contributed by atoms with E-state index in [1.165, 1.54) is 48.5 Å². The summed E-state index contributed by atoms with van der Waals surface area (Å²) in [5.74, 6) is 1.67. The first-order chi connectivity index (χ1) is 22.2. The molecular formula is C34H38O10S2. The highest BCUT2D eigenvalue weighted by atomic mass is 32.2. The van der Waals surface area contributed by atoms with Crippen molar-refractivity contribution < 1.29 is 45.6 Å². The third kappa shape index (κ3) is 9.95. The number of sulfone groups is 2. The van der Waals surface area contributed by atoms with Crippen LogP contribution in [0.1, 0.15) is 19.8 Å². The molecule has 0 amide bonds. The summed E-state index contributed by atoms with van der Waals surface area (Å²) in [4.78, 5) is 0.585. The summed E-state index contributed by atoms with van der Waals surface area (Å²) in [5, 5.41) is 9.38. The number of phenolic OH excluding ortho intramolecular Hbond substituents is 1. The molecule has 0 aliphatic carbocycles. The minimum Gasteiger partial charge on any atom is -0.508 e. The Morgan fingerprint density at radius 3 is 1.11 bits per heavy atom. The smallest absolute Gasteiger partial charge is 0.206 e. The van der Waals surface area contributed by atoms with Crippen LogP contribution in [0.25, 0.3) is 0 Å². The first-order valence-corrected chi connectivity index (χ1v) is 17.8. The molecular weight excluding hydrogens is 632 g/mol. The van der Waals surface area contributed by atoms with E-state index < -0.39 is 19.7 Å². The van der Waals surface area contributed by atoms with Crippen molar-refractivity contribution in [3.8, 4) is 23.0 Å². The topological polar surface area (TPSA) is 135 Å². The molecule has 0 aliphatic heterocycles. The van der Waals surface area contributed by atoms with Crippen LogP contribution in [-0.2, 0) is 29.1 Å². The van der Waals surface area contributed by atoms with E-state index in [0.717, 1.165) is 12.8 Å². The zero-order chi connectivity index (χ0) is 32.8. The zero-order valence-electron chi connectivity index (χ0n) is 25.5. The molecule has 10 nitrogen and oxygen atoms in total. The van der Waals surface area contributed by atoms with Gasteiger partial charge in [0.15, 0.2) is 0 Å². The molecule has 46 heavy (non-hydrogen) atoms. The molecule has 246 valence electrons. The van der Waals surface area contributed by atoms with E-state index in [9.17, 15) is 21.9 Å². The van der Waals surface area contributed by atoms with Crippen LogP contribution in [0.2, 0.25) is 0 Å². The van der Waals surface area contributed by atoms with Crippen LogP contribution in [0, 0.1) is 0 Å². The Bertz CT molecular complexity index is 1700. The van der Waals surface area contributed by atoms with Gasteiger partial charge >= 0.3 is 0 Å². The van der Waals surface area contributed by atoms with E-state index in [2.05, 4.69) is 6.92 Å². The van der Waals surface area contributed by atoms with Gasteiger partial charge in [-0.1, -0.05) is 13.3 Å². The number of benzene rings is 4. The molecule has 1 N–H and O–H groups in total. The monoisotopic (exact) mass is 670 g/mol. The number of aromatic hydroxyl groups is 1. The summed E-state index contributed by atoms with van der Waals surface area (Å²) in [5.41, 5.74) is 0. The third-order valence-electron chi connectivity index (χ3n) is 6.68. The maximum absolute atomic E-state index is 13.0. The van der Waals surface area contributed by atoms with Crippen LogP contribution in [0.3, 0.4) is 0 Å². The lowest BCUT2D eigenvalue weighted by atomic mass is 10.3. The van der Waals surface area contributed by atoms with E-state index in [0.29, 0.717) is 50.3 Å². The number of unbranched alkanes of at least 4 members (excludes halogenated alkanes) is 1. The molecule has 12 heteroatoms. The van der Waals surface area contributed by atoms with Gasteiger partial charge in [0.1, 0.15) is 36.2 Å². The van der Waals surface area contributed by atoms with E-state index in [4.69, 9.17) is 23.7 Å². The number of rotatable bonds is 19. The van der Waals surface area contributed by atoms with Crippen LogP contribution in [-0.4, -0.2) is 68.2 Å². The standard InChI is InChI=1S/C34H38O10S2/c1-2-3-20-42-28-6-14-33(15-7-28)46(38,39)34-18-10-30(11-19-34)44-26-24-41-22-21-40-23-25-43-29-8-16-32(17-9-29)45(36,37)31-12-4-27(35)5-13-31/h4-19,35H,2-3,20-26H2,1H3. The fourth-order valence-corrected chi connectivity index (χ4v) is 6.66. The second-order valence-corrected chi connectivity index (χ2v) is 13.9. The van der Waals surface area contributed by atoms with Gasteiger partial charge in [0.05, 0.1) is 52.6 Å². The van der Waals surface area contributed by atoms with E-state index in [1.54, 1.807) is 48.5 Å². The van der Waals surface area contributed by atoms with E-state index in [-0.39, 0.29) is 38.5 Å². The zero-order valence-corrected chi connectivity index (χ0v) is 27.2. The highest BCUT2D eigenvalue weighted by Crippen LogP contribution is 2.26. The summed E-state index contributed by atoms with van der Waals surface area (Å²) < 4.78 is 79.2. The van der Waals surface area contributed by atoms with Crippen LogP contribution in [0.15, 0.2) is 117 Å². The highest BCUT2D eigenvalue weighted by molar-refractivity contribution is 7.91. The van der Waals surface area contributed by atoms with Gasteiger partial charge in [0, 0.05) is 0 Å². The Balaban J connectivity index is 1.07. The molecule has 0 atom stereocenters. The molecule has 0 unspecified atom stereocenters. The average Bonchev–Trinajstić information content (AvgIpc) is 3.06. The Kier molecular flexibility index (Phi) is 12.8. The largest absolute Gasteiger partial charge is 0.508 e. The highest BCUT2D eigenvalue weighted by Gasteiger charge is 2.19. The van der Waals surface area contributed by atoms with Gasteiger partial charge in [-0.05, 0) is 103 Å². The number of phenols is 1. The third-order valence-corrected chi connectivity index (χ3v) is 10.3. The van der Waals surface area contributed by atoms with Crippen molar-refractivity contribution >= 4 is 19.7 Å². The summed E-state index contributed by atoms with van der Waals surface area (Å²) >= 11 is 0. The fraction of sp³-hybridized carbons (Fsp3) is 0.294.